The summed E-state index contributed by atoms with van der Waals surface area (Å²) in [6.45, 7) is 0. The number of rotatable bonds is 7. The van der Waals surface area contributed by atoms with Crippen LogP contribution in [-0.4, -0.2) is 20.6 Å². The number of halogens is 1. The van der Waals surface area contributed by atoms with Gasteiger partial charge in [0, 0.05) is 12.1 Å². The number of carbonyl (C=O) groups is 1. The van der Waals surface area contributed by atoms with Crippen molar-refractivity contribution in [1.29, 1.82) is 5.26 Å². The Kier molecular flexibility index (Phi) is 6.44. The molecule has 0 fully saturated rings. The molecule has 26 heavy (non-hydrogen) atoms. The van der Waals surface area contributed by atoms with Crippen molar-refractivity contribution in [2.75, 3.05) is 11.6 Å². The van der Waals surface area contributed by atoms with E-state index in [9.17, 15) is 17.6 Å². The second kappa shape index (κ2) is 8.56. The Hall–Kier alpha value is -2.76. The minimum absolute atomic E-state index is 0.154. The first-order valence-electron chi connectivity index (χ1n) is 7.75. The minimum atomic E-state index is -3.57. The number of hydrogen-bond donors (Lipinski definition) is 2. The molecule has 0 heterocycles. The average molecular weight is 375 g/mol. The maximum Gasteiger partial charge on any atom is 0.226 e. The zero-order chi connectivity index (χ0) is 19.2. The predicted octanol–water partition coefficient (Wildman–Crippen LogP) is 2.51. The molecule has 0 aliphatic carbocycles. The van der Waals surface area contributed by atoms with Gasteiger partial charge in [-0.2, -0.15) is 5.26 Å². The van der Waals surface area contributed by atoms with Crippen LogP contribution < -0.4 is 10.0 Å². The van der Waals surface area contributed by atoms with E-state index < -0.39 is 27.8 Å². The molecule has 2 N–H and O–H groups in total. The highest BCUT2D eigenvalue weighted by atomic mass is 32.2. The van der Waals surface area contributed by atoms with E-state index in [2.05, 4.69) is 10.0 Å². The molecule has 1 amide bonds. The van der Waals surface area contributed by atoms with Crippen LogP contribution in [-0.2, 0) is 21.2 Å². The third kappa shape index (κ3) is 6.27. The summed E-state index contributed by atoms with van der Waals surface area (Å²) in [5.41, 5.74) is 1.85. The highest BCUT2D eigenvalue weighted by Crippen LogP contribution is 2.20. The normalized spacial score (nSPS) is 12.2. The van der Waals surface area contributed by atoms with Gasteiger partial charge in [-0.05, 0) is 35.4 Å². The SMILES string of the molecule is CS(=O)(=O)NC(CC(=O)Nc1ccc(CC#N)cc1)c1ccc(F)cc1. The van der Waals surface area contributed by atoms with Gasteiger partial charge in [-0.15, -0.1) is 0 Å². The maximum atomic E-state index is 13.1. The van der Waals surface area contributed by atoms with E-state index in [4.69, 9.17) is 5.26 Å². The molecule has 136 valence electrons. The molecule has 0 aliphatic rings. The van der Waals surface area contributed by atoms with Crippen LogP contribution in [0.4, 0.5) is 10.1 Å². The molecule has 0 radical (unpaired) electrons. The lowest BCUT2D eigenvalue weighted by molar-refractivity contribution is -0.116. The van der Waals surface area contributed by atoms with Crippen molar-refractivity contribution in [2.24, 2.45) is 0 Å². The number of carbonyl (C=O) groups excluding carboxylic acids is 1. The first kappa shape index (κ1) is 19.6. The van der Waals surface area contributed by atoms with E-state index in [0.29, 0.717) is 11.3 Å². The fourth-order valence-electron chi connectivity index (χ4n) is 2.38. The van der Waals surface area contributed by atoms with Crippen LogP contribution in [0.2, 0.25) is 0 Å². The summed E-state index contributed by atoms with van der Waals surface area (Å²) >= 11 is 0. The van der Waals surface area contributed by atoms with Gasteiger partial charge in [0.15, 0.2) is 0 Å². The zero-order valence-corrected chi connectivity index (χ0v) is 14.9. The second-order valence-corrected chi connectivity index (χ2v) is 7.56. The summed E-state index contributed by atoms with van der Waals surface area (Å²) < 4.78 is 38.6. The summed E-state index contributed by atoms with van der Waals surface area (Å²) in [5, 5.41) is 11.3. The van der Waals surface area contributed by atoms with Crippen LogP contribution in [0.5, 0.6) is 0 Å². The Balaban J connectivity index is 2.10. The molecular formula is C18H18FN3O3S. The van der Waals surface area contributed by atoms with Crippen molar-refractivity contribution in [1.82, 2.24) is 4.72 Å². The zero-order valence-electron chi connectivity index (χ0n) is 14.1. The molecule has 0 aromatic heterocycles. The number of nitrogens with one attached hydrogen (secondary N) is 2. The van der Waals surface area contributed by atoms with Crippen molar-refractivity contribution >= 4 is 21.6 Å². The van der Waals surface area contributed by atoms with Crippen molar-refractivity contribution in [2.45, 2.75) is 18.9 Å². The lowest BCUT2D eigenvalue weighted by atomic mass is 10.0. The number of anilines is 1. The highest BCUT2D eigenvalue weighted by molar-refractivity contribution is 7.88. The molecule has 0 bridgehead atoms. The fraction of sp³-hybridized carbons (Fsp3) is 0.222. The third-order valence-corrected chi connectivity index (χ3v) is 4.25. The summed E-state index contributed by atoms with van der Waals surface area (Å²) in [5.74, 6) is -0.850. The third-order valence-electron chi connectivity index (χ3n) is 3.54. The molecule has 0 saturated heterocycles. The van der Waals surface area contributed by atoms with E-state index in [-0.39, 0.29) is 12.8 Å². The van der Waals surface area contributed by atoms with Crippen LogP contribution in [0.3, 0.4) is 0 Å². The van der Waals surface area contributed by atoms with Crippen LogP contribution in [0, 0.1) is 17.1 Å². The molecule has 8 heteroatoms. The number of sulfonamides is 1. The second-order valence-electron chi connectivity index (χ2n) is 5.78. The molecule has 0 spiro atoms. The lowest BCUT2D eigenvalue weighted by Crippen LogP contribution is -2.30. The fourth-order valence-corrected chi connectivity index (χ4v) is 3.11. The summed E-state index contributed by atoms with van der Waals surface area (Å²) in [4.78, 5) is 12.3. The van der Waals surface area contributed by atoms with Crippen LogP contribution in [0.15, 0.2) is 48.5 Å². The Morgan fingerprint density at radius 2 is 1.77 bits per heavy atom. The number of nitrogens with zero attached hydrogens (tertiary/aromatic N) is 1. The lowest BCUT2D eigenvalue weighted by Gasteiger charge is -2.18. The smallest absolute Gasteiger partial charge is 0.226 e. The molecule has 6 nitrogen and oxygen atoms in total. The number of benzene rings is 2. The van der Waals surface area contributed by atoms with Gasteiger partial charge >= 0.3 is 0 Å². The Labute approximate surface area is 151 Å². The van der Waals surface area contributed by atoms with Crippen molar-refractivity contribution in [3.63, 3.8) is 0 Å². The van der Waals surface area contributed by atoms with Crippen LogP contribution in [0.25, 0.3) is 0 Å². The Bertz CT molecular complexity index is 904. The standard InChI is InChI=1S/C18H18FN3O3S/c1-26(24,25)22-17(14-4-6-15(19)7-5-14)12-18(23)21-16-8-2-13(3-9-16)10-11-20/h2-9,17,22H,10,12H2,1H3,(H,21,23). The summed E-state index contributed by atoms with van der Waals surface area (Å²) in [6, 6.07) is 13.3. The van der Waals surface area contributed by atoms with Crippen molar-refractivity contribution < 1.29 is 17.6 Å². The molecule has 1 unspecified atom stereocenters. The van der Waals surface area contributed by atoms with E-state index in [1.807, 2.05) is 6.07 Å². The van der Waals surface area contributed by atoms with Gasteiger partial charge in [0.1, 0.15) is 5.82 Å². The molecular weight excluding hydrogens is 357 g/mol. The quantitative estimate of drug-likeness (QED) is 0.777. The molecule has 1 atom stereocenters. The molecule has 0 saturated carbocycles. The largest absolute Gasteiger partial charge is 0.326 e. The maximum absolute atomic E-state index is 13.1. The van der Waals surface area contributed by atoms with E-state index >= 15 is 0 Å². The van der Waals surface area contributed by atoms with E-state index in [1.165, 1.54) is 24.3 Å². The van der Waals surface area contributed by atoms with Gasteiger partial charge < -0.3 is 5.32 Å². The van der Waals surface area contributed by atoms with Gasteiger partial charge in [-0.3, -0.25) is 4.79 Å². The molecule has 0 aliphatic heterocycles. The van der Waals surface area contributed by atoms with Gasteiger partial charge in [0.05, 0.1) is 24.8 Å². The van der Waals surface area contributed by atoms with E-state index in [1.54, 1.807) is 24.3 Å². The molecule has 2 aromatic rings. The van der Waals surface area contributed by atoms with E-state index in [0.717, 1.165) is 11.8 Å². The average Bonchev–Trinajstić information content (AvgIpc) is 2.56. The van der Waals surface area contributed by atoms with Gasteiger partial charge in [-0.1, -0.05) is 24.3 Å². The molecule has 2 aromatic carbocycles. The van der Waals surface area contributed by atoms with Gasteiger partial charge in [0.25, 0.3) is 0 Å². The Morgan fingerprint density at radius 3 is 2.31 bits per heavy atom. The van der Waals surface area contributed by atoms with Crippen LogP contribution in [0.1, 0.15) is 23.6 Å². The number of hydrogen-bond acceptors (Lipinski definition) is 4. The van der Waals surface area contributed by atoms with Gasteiger partial charge in [-0.25, -0.2) is 17.5 Å². The molecule has 2 rings (SSSR count). The van der Waals surface area contributed by atoms with Crippen molar-refractivity contribution in [3.05, 3.63) is 65.5 Å². The number of amides is 1. The monoisotopic (exact) mass is 375 g/mol. The summed E-state index contributed by atoms with van der Waals surface area (Å²) in [7, 11) is -3.57. The highest BCUT2D eigenvalue weighted by Gasteiger charge is 2.20. The predicted molar refractivity (Wildman–Crippen MR) is 96.1 cm³/mol. The van der Waals surface area contributed by atoms with Crippen LogP contribution >= 0.6 is 0 Å². The minimum Gasteiger partial charge on any atom is -0.326 e. The Morgan fingerprint density at radius 1 is 1.15 bits per heavy atom. The van der Waals surface area contributed by atoms with Gasteiger partial charge in [0.2, 0.25) is 15.9 Å². The first-order chi connectivity index (χ1) is 12.3. The topological polar surface area (TPSA) is 99.1 Å². The van der Waals surface area contributed by atoms with Crippen molar-refractivity contribution in [3.8, 4) is 6.07 Å². The number of nitriles is 1. The first-order valence-corrected chi connectivity index (χ1v) is 9.64. The summed E-state index contributed by atoms with van der Waals surface area (Å²) in [6.07, 6.45) is 1.12.